The monoisotopic (exact) mass is 370 g/mol. The van der Waals surface area contributed by atoms with Crippen LogP contribution in [0.15, 0.2) is 48.5 Å². The van der Waals surface area contributed by atoms with Gasteiger partial charge in [-0.1, -0.05) is 11.6 Å². The zero-order valence-corrected chi connectivity index (χ0v) is 14.6. The second-order valence-electron chi connectivity index (χ2n) is 5.61. The lowest BCUT2D eigenvalue weighted by Crippen LogP contribution is -2.30. The molecule has 2 aromatic carbocycles. The van der Waals surface area contributed by atoms with Gasteiger partial charge in [0, 0.05) is 16.1 Å². The summed E-state index contributed by atoms with van der Waals surface area (Å²) in [5, 5.41) is 13.2. The van der Waals surface area contributed by atoms with Crippen LogP contribution in [-0.2, 0) is 4.79 Å². The lowest BCUT2D eigenvalue weighted by Gasteiger charge is -2.10. The first-order chi connectivity index (χ1) is 12.4. The highest BCUT2D eigenvalue weighted by molar-refractivity contribution is 6.30. The molecule has 0 aliphatic rings. The van der Waals surface area contributed by atoms with Gasteiger partial charge in [0.1, 0.15) is 23.7 Å². The fourth-order valence-electron chi connectivity index (χ4n) is 2.48. The summed E-state index contributed by atoms with van der Waals surface area (Å²) in [5.41, 5.74) is 0.820. The number of carboxylic acids is 1. The molecule has 1 aromatic heterocycles. The Labute approximate surface area is 154 Å². The molecule has 0 bridgehead atoms. The van der Waals surface area contributed by atoms with Crippen LogP contribution in [0.5, 0.6) is 11.5 Å². The molecule has 0 atom stereocenters. The van der Waals surface area contributed by atoms with Crippen molar-refractivity contribution in [1.82, 2.24) is 10.3 Å². The Hall–Kier alpha value is -3.12. The van der Waals surface area contributed by atoms with E-state index < -0.39 is 18.4 Å². The Morgan fingerprint density at radius 3 is 2.50 bits per heavy atom. The van der Waals surface area contributed by atoms with E-state index in [9.17, 15) is 9.59 Å². The number of aryl methyl sites for hydroxylation is 1. The van der Waals surface area contributed by atoms with Gasteiger partial charge in [0.2, 0.25) is 0 Å². The summed E-state index contributed by atoms with van der Waals surface area (Å²) in [5.74, 6) is -0.419. The zero-order chi connectivity index (χ0) is 18.7. The molecule has 0 radical (unpaired) electrons. The molecule has 1 amide bonds. The van der Waals surface area contributed by atoms with Crippen molar-refractivity contribution in [3.05, 3.63) is 64.9 Å². The molecule has 0 aliphatic carbocycles. The topological polar surface area (TPSA) is 88.5 Å². The number of nitrogens with zero attached hydrogens (tertiary/aromatic N) is 1. The van der Waals surface area contributed by atoms with E-state index in [0.29, 0.717) is 22.2 Å². The number of carbonyl (C=O) groups excluding carboxylic acids is 1. The van der Waals surface area contributed by atoms with Crippen molar-refractivity contribution in [2.75, 3.05) is 6.54 Å². The Kier molecular flexibility index (Phi) is 5.04. The molecule has 0 saturated carbocycles. The van der Waals surface area contributed by atoms with E-state index in [-0.39, 0.29) is 5.69 Å². The maximum atomic E-state index is 12.1. The number of halogens is 1. The minimum Gasteiger partial charge on any atom is -0.480 e. The van der Waals surface area contributed by atoms with Crippen LogP contribution in [0.25, 0.3) is 10.8 Å². The lowest BCUT2D eigenvalue weighted by molar-refractivity contribution is -0.135. The summed E-state index contributed by atoms with van der Waals surface area (Å²) in [4.78, 5) is 26.9. The molecule has 3 aromatic rings. The highest BCUT2D eigenvalue weighted by Gasteiger charge is 2.12. The first-order valence-corrected chi connectivity index (χ1v) is 8.15. The predicted octanol–water partition coefficient (Wildman–Crippen LogP) is 3.80. The van der Waals surface area contributed by atoms with Crippen LogP contribution in [-0.4, -0.2) is 28.5 Å². The second kappa shape index (κ2) is 7.41. The highest BCUT2D eigenvalue weighted by Crippen LogP contribution is 2.28. The first-order valence-electron chi connectivity index (χ1n) is 7.77. The first kappa shape index (κ1) is 17.7. The number of fused-ring (bicyclic) bond motifs is 1. The van der Waals surface area contributed by atoms with Gasteiger partial charge in [-0.15, -0.1) is 0 Å². The van der Waals surface area contributed by atoms with Crippen LogP contribution in [0.1, 0.15) is 16.2 Å². The van der Waals surface area contributed by atoms with Crippen molar-refractivity contribution < 1.29 is 19.4 Å². The average Bonchev–Trinajstić information content (AvgIpc) is 2.61. The Morgan fingerprint density at radius 1 is 1.12 bits per heavy atom. The van der Waals surface area contributed by atoms with E-state index in [1.54, 1.807) is 43.3 Å². The van der Waals surface area contributed by atoms with E-state index in [0.717, 1.165) is 10.8 Å². The average molecular weight is 371 g/mol. The minimum atomic E-state index is -1.12. The number of amides is 1. The van der Waals surface area contributed by atoms with Crippen LogP contribution in [0.3, 0.4) is 0 Å². The van der Waals surface area contributed by atoms with Gasteiger partial charge in [-0.05, 0) is 60.8 Å². The number of benzene rings is 2. The number of nitrogens with one attached hydrogen (secondary N) is 1. The maximum Gasteiger partial charge on any atom is 0.322 e. The molecule has 3 rings (SSSR count). The third-order valence-corrected chi connectivity index (χ3v) is 3.93. The fraction of sp³-hybridized carbons (Fsp3) is 0.105. The molecule has 0 aliphatic heterocycles. The number of aromatic nitrogens is 1. The van der Waals surface area contributed by atoms with E-state index in [1.165, 1.54) is 0 Å². The van der Waals surface area contributed by atoms with Crippen molar-refractivity contribution in [1.29, 1.82) is 0 Å². The Balaban J connectivity index is 1.90. The number of carboxylic acid groups (broad SMARTS) is 1. The van der Waals surface area contributed by atoms with E-state index >= 15 is 0 Å². The number of pyridine rings is 1. The maximum absolute atomic E-state index is 12.1. The van der Waals surface area contributed by atoms with Crippen molar-refractivity contribution in [3.8, 4) is 11.5 Å². The fourth-order valence-corrected chi connectivity index (χ4v) is 2.60. The molecule has 1 heterocycles. The number of aliphatic carboxylic acids is 1. The highest BCUT2D eigenvalue weighted by atomic mass is 35.5. The zero-order valence-electron chi connectivity index (χ0n) is 13.8. The molecule has 0 saturated heterocycles. The molecule has 26 heavy (non-hydrogen) atoms. The quantitative estimate of drug-likeness (QED) is 0.713. The number of hydrogen-bond donors (Lipinski definition) is 2. The summed E-state index contributed by atoms with van der Waals surface area (Å²) in [6.45, 7) is 1.33. The molecule has 6 nitrogen and oxygen atoms in total. The number of hydrogen-bond acceptors (Lipinski definition) is 4. The molecular formula is C19H15ClN2O4. The predicted molar refractivity (Wildman–Crippen MR) is 98.0 cm³/mol. The van der Waals surface area contributed by atoms with Gasteiger partial charge in [0.25, 0.3) is 5.91 Å². The summed E-state index contributed by atoms with van der Waals surface area (Å²) in [6.07, 6.45) is 0. The van der Waals surface area contributed by atoms with Crippen LogP contribution in [0.4, 0.5) is 0 Å². The van der Waals surface area contributed by atoms with Crippen molar-refractivity contribution in [3.63, 3.8) is 0 Å². The molecule has 7 heteroatoms. The van der Waals surface area contributed by atoms with Crippen molar-refractivity contribution in [2.45, 2.75) is 6.92 Å². The van der Waals surface area contributed by atoms with Crippen LogP contribution >= 0.6 is 11.6 Å². The normalized spacial score (nSPS) is 10.5. The van der Waals surface area contributed by atoms with E-state index in [1.807, 2.05) is 12.1 Å². The largest absolute Gasteiger partial charge is 0.480 e. The van der Waals surface area contributed by atoms with Gasteiger partial charge in [-0.3, -0.25) is 9.59 Å². The van der Waals surface area contributed by atoms with E-state index in [2.05, 4.69) is 10.3 Å². The molecule has 132 valence electrons. The third kappa shape index (κ3) is 4.10. The molecule has 0 spiro atoms. The van der Waals surface area contributed by atoms with Crippen molar-refractivity contribution >= 4 is 34.2 Å². The molecule has 0 unspecified atom stereocenters. The van der Waals surface area contributed by atoms with Gasteiger partial charge in [-0.25, -0.2) is 4.98 Å². The van der Waals surface area contributed by atoms with Crippen molar-refractivity contribution in [2.24, 2.45) is 0 Å². The van der Waals surface area contributed by atoms with Gasteiger partial charge in [0.05, 0.1) is 0 Å². The van der Waals surface area contributed by atoms with Gasteiger partial charge >= 0.3 is 5.97 Å². The van der Waals surface area contributed by atoms with E-state index in [4.69, 9.17) is 21.4 Å². The SMILES string of the molecule is Cc1nc(C(=O)NCC(=O)O)cc2cc(Oc3ccc(Cl)cc3)ccc12. The lowest BCUT2D eigenvalue weighted by atomic mass is 10.1. The summed E-state index contributed by atoms with van der Waals surface area (Å²) < 4.78 is 5.80. The standard InChI is InChI=1S/C19H15ClN2O4/c1-11-16-7-6-15(26-14-4-2-13(20)3-5-14)8-12(16)9-17(22-11)19(25)21-10-18(23)24/h2-9H,10H2,1H3,(H,21,25)(H,23,24). The number of carbonyl (C=O) groups is 2. The summed E-state index contributed by atoms with van der Waals surface area (Å²) in [7, 11) is 0. The third-order valence-electron chi connectivity index (χ3n) is 3.68. The smallest absolute Gasteiger partial charge is 0.322 e. The second-order valence-corrected chi connectivity index (χ2v) is 6.04. The van der Waals surface area contributed by atoms with Crippen LogP contribution in [0.2, 0.25) is 5.02 Å². The Morgan fingerprint density at radius 2 is 1.81 bits per heavy atom. The Bertz CT molecular complexity index is 987. The molecular weight excluding hydrogens is 356 g/mol. The van der Waals surface area contributed by atoms with Crippen LogP contribution in [0, 0.1) is 6.92 Å². The van der Waals surface area contributed by atoms with Crippen LogP contribution < -0.4 is 10.1 Å². The number of ether oxygens (including phenoxy) is 1. The van der Waals surface area contributed by atoms with Gasteiger partial charge in [0.15, 0.2) is 0 Å². The number of rotatable bonds is 5. The molecule has 0 fully saturated rings. The van der Waals surface area contributed by atoms with Gasteiger partial charge < -0.3 is 15.2 Å². The summed E-state index contributed by atoms with van der Waals surface area (Å²) >= 11 is 5.87. The van der Waals surface area contributed by atoms with Gasteiger partial charge in [-0.2, -0.15) is 0 Å². The summed E-state index contributed by atoms with van der Waals surface area (Å²) in [6, 6.07) is 14.1. The minimum absolute atomic E-state index is 0.153. The molecule has 2 N–H and O–H groups in total.